The van der Waals surface area contributed by atoms with Crippen molar-refractivity contribution < 1.29 is 14.3 Å². The monoisotopic (exact) mass is 445 g/mol. The Balaban J connectivity index is 1.55. The highest BCUT2D eigenvalue weighted by Gasteiger charge is 2.45. The van der Waals surface area contributed by atoms with E-state index in [2.05, 4.69) is 16.7 Å². The molecule has 2 aromatic carbocycles. The summed E-state index contributed by atoms with van der Waals surface area (Å²) < 4.78 is 6.11. The molecule has 0 unspecified atom stereocenters. The Labute approximate surface area is 194 Å². The molecule has 4 rings (SSSR count). The van der Waals surface area contributed by atoms with Crippen molar-refractivity contribution in [3.05, 3.63) is 89.7 Å². The van der Waals surface area contributed by atoms with Crippen molar-refractivity contribution in [1.29, 1.82) is 0 Å². The summed E-state index contributed by atoms with van der Waals surface area (Å²) in [6.45, 7) is 2.83. The fraction of sp³-hybridized carbons (Fsp3) is 0.333. The van der Waals surface area contributed by atoms with Crippen molar-refractivity contribution in [1.82, 2.24) is 10.6 Å². The molecule has 6 nitrogen and oxygen atoms in total. The minimum absolute atomic E-state index is 0.206. The number of carbonyl (C=O) groups is 2. The summed E-state index contributed by atoms with van der Waals surface area (Å²) in [6, 6.07) is 17.7. The van der Waals surface area contributed by atoms with Crippen LogP contribution in [0.5, 0.6) is 5.75 Å². The Morgan fingerprint density at radius 1 is 1.09 bits per heavy atom. The lowest BCUT2D eigenvalue weighted by molar-refractivity contribution is -0.140. The summed E-state index contributed by atoms with van der Waals surface area (Å²) in [5.41, 5.74) is 6.74. The predicted octanol–water partition coefficient (Wildman–Crippen LogP) is 3.55. The molecule has 33 heavy (non-hydrogen) atoms. The van der Waals surface area contributed by atoms with Crippen LogP contribution in [-0.4, -0.2) is 24.4 Å². The van der Waals surface area contributed by atoms with Gasteiger partial charge in [-0.3, -0.25) is 9.59 Å². The third-order valence-electron chi connectivity index (χ3n) is 6.11. The quantitative estimate of drug-likeness (QED) is 0.515. The SMILES string of the molecule is CCCNC(=O)[C@]1(C(=O)NCc2ccccc2)C=C(Oc2cccc([C@H]3C[C@@H]3N)c2)C=CC1. The Morgan fingerprint density at radius 3 is 2.58 bits per heavy atom. The maximum absolute atomic E-state index is 13.4. The summed E-state index contributed by atoms with van der Waals surface area (Å²) in [4.78, 5) is 26.6. The minimum Gasteiger partial charge on any atom is -0.458 e. The van der Waals surface area contributed by atoms with Gasteiger partial charge in [-0.1, -0.05) is 55.5 Å². The van der Waals surface area contributed by atoms with Crippen molar-refractivity contribution in [2.45, 2.75) is 44.7 Å². The number of hydrogen-bond donors (Lipinski definition) is 3. The van der Waals surface area contributed by atoms with Gasteiger partial charge in [-0.2, -0.15) is 0 Å². The van der Waals surface area contributed by atoms with Crippen molar-refractivity contribution >= 4 is 11.8 Å². The van der Waals surface area contributed by atoms with E-state index in [1.54, 1.807) is 6.08 Å². The number of benzene rings is 2. The summed E-state index contributed by atoms with van der Waals surface area (Å²) >= 11 is 0. The lowest BCUT2D eigenvalue weighted by Crippen LogP contribution is -2.51. The Bertz CT molecular complexity index is 1060. The van der Waals surface area contributed by atoms with E-state index < -0.39 is 5.41 Å². The van der Waals surface area contributed by atoms with Crippen LogP contribution >= 0.6 is 0 Å². The normalized spacial score (nSPS) is 23.4. The standard InChI is InChI=1S/C27H31N3O3/c1-2-14-29-25(31)27(26(32)30-18-19-8-4-3-5-9-19)13-7-12-22(17-27)33-21-11-6-10-20(15-21)23-16-24(23)28/h3-12,15,17,23-24H,2,13-14,16,18,28H2,1H3,(H,29,31)(H,30,32)/t23-,24+,27-/m1/s1. The zero-order valence-electron chi connectivity index (χ0n) is 18.9. The lowest BCUT2D eigenvalue weighted by atomic mass is 9.79. The molecular formula is C27H31N3O3. The number of ether oxygens (including phenoxy) is 1. The van der Waals surface area contributed by atoms with Crippen molar-refractivity contribution in [2.75, 3.05) is 6.54 Å². The van der Waals surface area contributed by atoms with E-state index in [1.165, 1.54) is 0 Å². The van der Waals surface area contributed by atoms with Gasteiger partial charge < -0.3 is 21.1 Å². The zero-order valence-corrected chi connectivity index (χ0v) is 18.9. The molecule has 0 aromatic heterocycles. The van der Waals surface area contributed by atoms with Crippen LogP contribution in [0.3, 0.4) is 0 Å². The summed E-state index contributed by atoms with van der Waals surface area (Å²) in [7, 11) is 0. The molecule has 172 valence electrons. The maximum Gasteiger partial charge on any atom is 0.240 e. The van der Waals surface area contributed by atoms with Crippen LogP contribution in [0.15, 0.2) is 78.6 Å². The number of nitrogens with one attached hydrogen (secondary N) is 2. The molecule has 2 aliphatic rings. The van der Waals surface area contributed by atoms with Crippen LogP contribution in [0.2, 0.25) is 0 Å². The highest BCUT2D eigenvalue weighted by Crippen LogP contribution is 2.40. The van der Waals surface area contributed by atoms with Gasteiger partial charge in [-0.25, -0.2) is 0 Å². The number of carbonyl (C=O) groups excluding carboxylic acids is 2. The number of rotatable bonds is 9. The topological polar surface area (TPSA) is 93.5 Å². The predicted molar refractivity (Wildman–Crippen MR) is 128 cm³/mol. The van der Waals surface area contributed by atoms with Gasteiger partial charge in [-0.15, -0.1) is 0 Å². The van der Waals surface area contributed by atoms with E-state index in [-0.39, 0.29) is 24.3 Å². The average molecular weight is 446 g/mol. The molecule has 0 bridgehead atoms. The highest BCUT2D eigenvalue weighted by atomic mass is 16.5. The largest absolute Gasteiger partial charge is 0.458 e. The average Bonchev–Trinajstić information content (AvgIpc) is 3.58. The molecule has 2 aliphatic carbocycles. The molecule has 0 radical (unpaired) electrons. The van der Waals surface area contributed by atoms with E-state index in [0.717, 1.165) is 24.0 Å². The van der Waals surface area contributed by atoms with Gasteiger partial charge in [0.25, 0.3) is 0 Å². The first kappa shape index (κ1) is 22.8. The van der Waals surface area contributed by atoms with Crippen LogP contribution in [0.25, 0.3) is 0 Å². The second-order valence-corrected chi connectivity index (χ2v) is 8.73. The van der Waals surface area contributed by atoms with Gasteiger partial charge in [-0.05, 0) is 54.7 Å². The zero-order chi connectivity index (χ0) is 23.3. The number of hydrogen-bond acceptors (Lipinski definition) is 4. The van der Waals surface area contributed by atoms with E-state index >= 15 is 0 Å². The molecule has 0 saturated heterocycles. The van der Waals surface area contributed by atoms with Crippen LogP contribution in [0.4, 0.5) is 0 Å². The number of nitrogens with two attached hydrogens (primary N) is 1. The van der Waals surface area contributed by atoms with Crippen molar-refractivity contribution in [2.24, 2.45) is 11.1 Å². The third-order valence-corrected chi connectivity index (χ3v) is 6.11. The second-order valence-electron chi connectivity index (χ2n) is 8.73. The van der Waals surface area contributed by atoms with Crippen LogP contribution in [0.1, 0.15) is 43.2 Å². The van der Waals surface area contributed by atoms with Crippen molar-refractivity contribution in [3.8, 4) is 5.75 Å². The molecule has 0 heterocycles. The first-order valence-corrected chi connectivity index (χ1v) is 11.5. The van der Waals surface area contributed by atoms with Crippen LogP contribution < -0.4 is 21.1 Å². The van der Waals surface area contributed by atoms with Crippen LogP contribution in [-0.2, 0) is 16.1 Å². The van der Waals surface area contributed by atoms with Gasteiger partial charge in [0.15, 0.2) is 5.41 Å². The van der Waals surface area contributed by atoms with E-state index in [9.17, 15) is 9.59 Å². The van der Waals surface area contributed by atoms with E-state index in [0.29, 0.717) is 30.5 Å². The Kier molecular flexibility index (Phi) is 6.94. The molecule has 3 atom stereocenters. The first-order valence-electron chi connectivity index (χ1n) is 11.5. The summed E-state index contributed by atoms with van der Waals surface area (Å²) in [5, 5.41) is 5.84. The van der Waals surface area contributed by atoms with Gasteiger partial charge >= 0.3 is 0 Å². The second kappa shape index (κ2) is 10.0. The molecule has 0 aliphatic heterocycles. The van der Waals surface area contributed by atoms with E-state index in [4.69, 9.17) is 10.5 Å². The van der Waals surface area contributed by atoms with Gasteiger partial charge in [0.05, 0.1) is 0 Å². The number of allylic oxidation sites excluding steroid dienone is 2. The molecule has 1 saturated carbocycles. The smallest absolute Gasteiger partial charge is 0.240 e. The molecule has 4 N–H and O–H groups in total. The Morgan fingerprint density at radius 2 is 1.85 bits per heavy atom. The van der Waals surface area contributed by atoms with Gasteiger partial charge in [0.2, 0.25) is 11.8 Å². The lowest BCUT2D eigenvalue weighted by Gasteiger charge is -2.30. The van der Waals surface area contributed by atoms with E-state index in [1.807, 2.05) is 67.6 Å². The third kappa shape index (κ3) is 5.34. The fourth-order valence-corrected chi connectivity index (χ4v) is 4.07. The fourth-order valence-electron chi connectivity index (χ4n) is 4.07. The molecule has 2 aromatic rings. The Hall–Kier alpha value is -3.38. The molecular weight excluding hydrogens is 414 g/mol. The van der Waals surface area contributed by atoms with Crippen LogP contribution in [0, 0.1) is 5.41 Å². The first-order chi connectivity index (χ1) is 16.0. The van der Waals surface area contributed by atoms with Gasteiger partial charge in [0.1, 0.15) is 11.5 Å². The molecule has 6 heteroatoms. The molecule has 1 fully saturated rings. The summed E-state index contributed by atoms with van der Waals surface area (Å²) in [5.74, 6) is 0.838. The molecule has 0 spiro atoms. The van der Waals surface area contributed by atoms with Gasteiger partial charge in [0, 0.05) is 25.0 Å². The van der Waals surface area contributed by atoms with Crippen molar-refractivity contribution in [3.63, 3.8) is 0 Å². The minimum atomic E-state index is -1.37. The summed E-state index contributed by atoms with van der Waals surface area (Å²) in [6.07, 6.45) is 7.32. The maximum atomic E-state index is 13.4. The highest BCUT2D eigenvalue weighted by molar-refractivity contribution is 6.07. The number of amides is 2. The molecule has 2 amide bonds.